The third-order valence-electron chi connectivity index (χ3n) is 3.95. The molecular formula is C16H20N2O. The van der Waals surface area contributed by atoms with Crippen LogP contribution in [0, 0.1) is 6.92 Å². The van der Waals surface area contributed by atoms with Crippen molar-refractivity contribution in [3.05, 3.63) is 35.5 Å². The maximum absolute atomic E-state index is 5.39. The monoisotopic (exact) mass is 256 g/mol. The number of rotatable bonds is 2. The van der Waals surface area contributed by atoms with E-state index in [0.717, 1.165) is 25.3 Å². The Labute approximate surface area is 113 Å². The molecule has 3 rings (SSSR count). The van der Waals surface area contributed by atoms with Crippen LogP contribution in [0.15, 0.2) is 24.4 Å². The number of methoxy groups -OCH3 is 1. The van der Waals surface area contributed by atoms with Crippen LogP contribution in [0.3, 0.4) is 0 Å². The molecule has 3 nitrogen and oxygen atoms in total. The number of fused-ring (bicyclic) bond motifs is 1. The van der Waals surface area contributed by atoms with Crippen molar-refractivity contribution in [2.75, 3.05) is 27.2 Å². The normalized spacial score (nSPS) is 16.7. The van der Waals surface area contributed by atoms with E-state index in [1.807, 2.05) is 0 Å². The van der Waals surface area contributed by atoms with Gasteiger partial charge in [0.15, 0.2) is 0 Å². The van der Waals surface area contributed by atoms with Crippen molar-refractivity contribution in [1.29, 1.82) is 0 Å². The van der Waals surface area contributed by atoms with Gasteiger partial charge < -0.3 is 14.6 Å². The minimum absolute atomic E-state index is 0.930. The van der Waals surface area contributed by atoms with Gasteiger partial charge in [-0.05, 0) is 43.7 Å². The Hall–Kier alpha value is -1.74. The van der Waals surface area contributed by atoms with Gasteiger partial charge in [0.2, 0.25) is 0 Å². The van der Waals surface area contributed by atoms with E-state index in [-0.39, 0.29) is 0 Å². The minimum atomic E-state index is 0.930. The van der Waals surface area contributed by atoms with E-state index in [1.165, 1.54) is 27.6 Å². The fraction of sp³-hybridized carbons (Fsp3) is 0.375. The van der Waals surface area contributed by atoms with E-state index in [0.29, 0.717) is 0 Å². The van der Waals surface area contributed by atoms with Crippen LogP contribution in [0.5, 0.6) is 5.75 Å². The fourth-order valence-corrected chi connectivity index (χ4v) is 2.78. The topological polar surface area (TPSA) is 28.3 Å². The van der Waals surface area contributed by atoms with Gasteiger partial charge in [0.25, 0.3) is 0 Å². The summed E-state index contributed by atoms with van der Waals surface area (Å²) in [6, 6.07) is 4.21. The zero-order valence-corrected chi connectivity index (χ0v) is 11.8. The molecule has 2 aromatic rings. The molecule has 0 fully saturated rings. The van der Waals surface area contributed by atoms with Crippen molar-refractivity contribution >= 4 is 16.5 Å². The van der Waals surface area contributed by atoms with Crippen molar-refractivity contribution in [3.8, 4) is 5.75 Å². The van der Waals surface area contributed by atoms with Gasteiger partial charge in [0.1, 0.15) is 5.75 Å². The molecule has 0 radical (unpaired) electrons. The van der Waals surface area contributed by atoms with Gasteiger partial charge in [0, 0.05) is 35.8 Å². The molecule has 0 unspecified atom stereocenters. The van der Waals surface area contributed by atoms with E-state index >= 15 is 0 Å². The quantitative estimate of drug-likeness (QED) is 0.893. The molecule has 1 aliphatic rings. The lowest BCUT2D eigenvalue weighted by Crippen LogP contribution is -2.23. The summed E-state index contributed by atoms with van der Waals surface area (Å²) in [5.74, 6) is 0.930. The molecule has 0 spiro atoms. The summed E-state index contributed by atoms with van der Waals surface area (Å²) in [4.78, 5) is 5.74. The zero-order valence-electron chi connectivity index (χ0n) is 11.8. The van der Waals surface area contributed by atoms with Crippen LogP contribution in [-0.2, 0) is 0 Å². The van der Waals surface area contributed by atoms with Crippen LogP contribution >= 0.6 is 0 Å². The fourth-order valence-electron chi connectivity index (χ4n) is 2.78. The first-order chi connectivity index (χ1) is 9.19. The lowest BCUT2D eigenvalue weighted by molar-refractivity contribution is 0.370. The number of aromatic amines is 1. The van der Waals surface area contributed by atoms with Gasteiger partial charge in [-0.1, -0.05) is 6.08 Å². The minimum Gasteiger partial charge on any atom is -0.497 e. The number of H-pyrrole nitrogens is 1. The molecule has 1 N–H and O–H groups in total. The van der Waals surface area contributed by atoms with Crippen LogP contribution in [0.25, 0.3) is 16.5 Å². The van der Waals surface area contributed by atoms with Crippen LogP contribution in [0.2, 0.25) is 0 Å². The first-order valence-electron chi connectivity index (χ1n) is 6.72. The second kappa shape index (κ2) is 4.74. The van der Waals surface area contributed by atoms with Gasteiger partial charge in [-0.2, -0.15) is 0 Å². The molecule has 2 heterocycles. The summed E-state index contributed by atoms with van der Waals surface area (Å²) in [5, 5.41) is 1.27. The van der Waals surface area contributed by atoms with Gasteiger partial charge in [-0.25, -0.2) is 0 Å². The van der Waals surface area contributed by atoms with E-state index in [4.69, 9.17) is 4.74 Å². The van der Waals surface area contributed by atoms with Crippen molar-refractivity contribution in [1.82, 2.24) is 9.88 Å². The first kappa shape index (κ1) is 12.3. The van der Waals surface area contributed by atoms with E-state index in [2.05, 4.69) is 48.3 Å². The number of aromatic nitrogens is 1. The average molecular weight is 256 g/mol. The van der Waals surface area contributed by atoms with E-state index in [9.17, 15) is 0 Å². The Kier molecular flexibility index (Phi) is 3.07. The molecule has 19 heavy (non-hydrogen) atoms. The maximum atomic E-state index is 5.39. The molecular weight excluding hydrogens is 236 g/mol. The third kappa shape index (κ3) is 2.15. The molecule has 1 aromatic heterocycles. The van der Waals surface area contributed by atoms with Crippen molar-refractivity contribution in [3.63, 3.8) is 0 Å². The molecule has 0 saturated carbocycles. The lowest BCUT2D eigenvalue weighted by Gasteiger charge is -2.21. The van der Waals surface area contributed by atoms with Crippen LogP contribution in [0.1, 0.15) is 17.5 Å². The number of ether oxygens (including phenoxy) is 1. The number of benzene rings is 1. The predicted molar refractivity (Wildman–Crippen MR) is 79.7 cm³/mol. The molecule has 100 valence electrons. The molecule has 1 aromatic carbocycles. The highest BCUT2D eigenvalue weighted by Gasteiger charge is 2.14. The summed E-state index contributed by atoms with van der Waals surface area (Å²) in [5.41, 5.74) is 5.21. The Morgan fingerprint density at radius 3 is 2.84 bits per heavy atom. The Balaban J connectivity index is 2.12. The largest absolute Gasteiger partial charge is 0.497 e. The molecule has 3 heteroatoms. The highest BCUT2D eigenvalue weighted by atomic mass is 16.5. The standard InChI is InChI=1S/C16H20N2O/c1-11-8-13(19-3)9-14-15(10-17-16(11)14)12-4-6-18(2)7-5-12/h4,8-10,17H,5-7H2,1-3H3. The van der Waals surface area contributed by atoms with Gasteiger partial charge in [-0.3, -0.25) is 0 Å². The van der Waals surface area contributed by atoms with Crippen molar-refractivity contribution in [2.45, 2.75) is 13.3 Å². The maximum Gasteiger partial charge on any atom is 0.119 e. The summed E-state index contributed by atoms with van der Waals surface area (Å²) in [6.07, 6.45) is 5.58. The van der Waals surface area contributed by atoms with Crippen molar-refractivity contribution < 1.29 is 4.74 Å². The van der Waals surface area contributed by atoms with Crippen LogP contribution in [-0.4, -0.2) is 37.1 Å². The van der Waals surface area contributed by atoms with Crippen LogP contribution < -0.4 is 4.74 Å². The molecule has 0 aliphatic carbocycles. The summed E-state index contributed by atoms with van der Waals surface area (Å²) in [6.45, 7) is 4.28. The number of hydrogen-bond donors (Lipinski definition) is 1. The third-order valence-corrected chi connectivity index (χ3v) is 3.95. The van der Waals surface area contributed by atoms with Crippen molar-refractivity contribution in [2.24, 2.45) is 0 Å². The smallest absolute Gasteiger partial charge is 0.119 e. The molecule has 0 saturated heterocycles. The zero-order chi connectivity index (χ0) is 13.4. The number of aryl methyl sites for hydroxylation is 1. The van der Waals surface area contributed by atoms with Gasteiger partial charge >= 0.3 is 0 Å². The molecule has 1 aliphatic heterocycles. The Morgan fingerprint density at radius 1 is 1.32 bits per heavy atom. The first-order valence-corrected chi connectivity index (χ1v) is 6.72. The summed E-state index contributed by atoms with van der Waals surface area (Å²) in [7, 11) is 3.89. The highest BCUT2D eigenvalue weighted by Crippen LogP contribution is 2.33. The van der Waals surface area contributed by atoms with Gasteiger partial charge in [-0.15, -0.1) is 0 Å². The molecule has 0 amide bonds. The SMILES string of the molecule is COc1cc(C)c2[nH]cc(C3=CCN(C)CC3)c2c1. The molecule has 0 atom stereocenters. The number of hydrogen-bond acceptors (Lipinski definition) is 2. The highest BCUT2D eigenvalue weighted by molar-refractivity contribution is 5.95. The summed E-state index contributed by atoms with van der Waals surface area (Å²) >= 11 is 0. The number of nitrogens with zero attached hydrogens (tertiary/aromatic N) is 1. The number of likely N-dealkylation sites (N-methyl/N-ethyl adjacent to an activating group) is 1. The van der Waals surface area contributed by atoms with Gasteiger partial charge in [0.05, 0.1) is 7.11 Å². The van der Waals surface area contributed by atoms with E-state index in [1.54, 1.807) is 7.11 Å². The molecule has 0 bridgehead atoms. The van der Waals surface area contributed by atoms with E-state index < -0.39 is 0 Å². The summed E-state index contributed by atoms with van der Waals surface area (Å²) < 4.78 is 5.39. The predicted octanol–water partition coefficient (Wildman–Crippen LogP) is 3.20. The Morgan fingerprint density at radius 2 is 2.16 bits per heavy atom. The lowest BCUT2D eigenvalue weighted by atomic mass is 9.98. The second-order valence-electron chi connectivity index (χ2n) is 5.31. The second-order valence-corrected chi connectivity index (χ2v) is 5.31. The average Bonchev–Trinajstić information content (AvgIpc) is 2.84. The van der Waals surface area contributed by atoms with Crippen LogP contribution in [0.4, 0.5) is 0 Å². The Bertz CT molecular complexity index is 639. The number of nitrogens with one attached hydrogen (secondary N) is 1.